The minimum Gasteiger partial charge on any atom is -0.388 e. The first-order valence-corrected chi connectivity index (χ1v) is 7.15. The van der Waals surface area contributed by atoms with Gasteiger partial charge in [-0.2, -0.15) is 0 Å². The zero-order chi connectivity index (χ0) is 14.4. The number of rotatable bonds is 6. The van der Waals surface area contributed by atoms with E-state index >= 15 is 0 Å². The van der Waals surface area contributed by atoms with Gasteiger partial charge in [-0.3, -0.25) is 9.88 Å². The molecular weight excluding hydrogens is 256 g/mol. The predicted molar refractivity (Wildman–Crippen MR) is 77.5 cm³/mol. The smallest absolute Gasteiger partial charge is 0.144 e. The van der Waals surface area contributed by atoms with Gasteiger partial charge < -0.3 is 15.2 Å². The summed E-state index contributed by atoms with van der Waals surface area (Å²) in [4.78, 5) is 10.8. The first-order chi connectivity index (χ1) is 9.61. The second-order valence-corrected chi connectivity index (χ2v) is 5.43. The molecule has 0 amide bonds. The molecule has 2 heterocycles. The fourth-order valence-electron chi connectivity index (χ4n) is 2.45. The molecular formula is C14H24N4O2. The highest BCUT2D eigenvalue weighted by Crippen LogP contribution is 2.21. The number of hydrogen-bond acceptors (Lipinski definition) is 6. The van der Waals surface area contributed by atoms with Crippen molar-refractivity contribution in [3.05, 3.63) is 18.1 Å². The first-order valence-electron chi connectivity index (χ1n) is 7.15. The first kappa shape index (κ1) is 15.2. The van der Waals surface area contributed by atoms with E-state index in [0.717, 1.165) is 18.1 Å². The van der Waals surface area contributed by atoms with Gasteiger partial charge in [0.15, 0.2) is 0 Å². The van der Waals surface area contributed by atoms with Crippen molar-refractivity contribution < 1.29 is 9.84 Å². The highest BCUT2D eigenvalue weighted by atomic mass is 16.5. The Hall–Kier alpha value is -1.24. The SMILES string of the molecule is CCNc1cnc(CN(C)CC2(O)CCOCC2)cn1. The minimum atomic E-state index is -0.635. The van der Waals surface area contributed by atoms with Crippen molar-refractivity contribution in [1.82, 2.24) is 14.9 Å². The molecule has 6 nitrogen and oxygen atoms in total. The summed E-state index contributed by atoms with van der Waals surface area (Å²) < 4.78 is 5.29. The molecule has 0 bridgehead atoms. The molecule has 1 aliphatic rings. The number of aromatic nitrogens is 2. The quantitative estimate of drug-likeness (QED) is 0.806. The van der Waals surface area contributed by atoms with Crippen molar-refractivity contribution in [1.29, 1.82) is 0 Å². The summed E-state index contributed by atoms with van der Waals surface area (Å²) in [7, 11) is 1.99. The summed E-state index contributed by atoms with van der Waals surface area (Å²) in [6.07, 6.45) is 4.92. The maximum atomic E-state index is 10.5. The lowest BCUT2D eigenvalue weighted by molar-refractivity contribution is -0.0778. The van der Waals surface area contributed by atoms with E-state index in [4.69, 9.17) is 4.74 Å². The Morgan fingerprint density at radius 1 is 1.35 bits per heavy atom. The standard InChI is InChI=1S/C14H24N4O2/c1-3-15-13-9-16-12(8-17-13)10-18(2)11-14(19)4-6-20-7-5-14/h8-9,19H,3-7,10-11H2,1-2H3,(H,15,17). The third-order valence-corrected chi connectivity index (χ3v) is 3.48. The maximum Gasteiger partial charge on any atom is 0.144 e. The van der Waals surface area contributed by atoms with Gasteiger partial charge in [0.1, 0.15) is 5.82 Å². The molecule has 1 aromatic heterocycles. The van der Waals surface area contributed by atoms with Crippen LogP contribution in [0.2, 0.25) is 0 Å². The molecule has 20 heavy (non-hydrogen) atoms. The zero-order valence-corrected chi connectivity index (χ0v) is 12.3. The molecule has 1 aliphatic heterocycles. The van der Waals surface area contributed by atoms with Crippen LogP contribution < -0.4 is 5.32 Å². The molecule has 112 valence electrons. The number of nitrogens with one attached hydrogen (secondary N) is 1. The van der Waals surface area contributed by atoms with E-state index in [-0.39, 0.29) is 0 Å². The van der Waals surface area contributed by atoms with Crippen LogP contribution in [0.15, 0.2) is 12.4 Å². The van der Waals surface area contributed by atoms with Crippen LogP contribution in [0.4, 0.5) is 5.82 Å². The fraction of sp³-hybridized carbons (Fsp3) is 0.714. The van der Waals surface area contributed by atoms with Gasteiger partial charge >= 0.3 is 0 Å². The van der Waals surface area contributed by atoms with Crippen LogP contribution in [0.25, 0.3) is 0 Å². The van der Waals surface area contributed by atoms with Gasteiger partial charge in [-0.25, -0.2) is 4.98 Å². The summed E-state index contributed by atoms with van der Waals surface area (Å²) in [5.74, 6) is 0.793. The van der Waals surface area contributed by atoms with Crippen molar-refractivity contribution in [2.45, 2.75) is 31.9 Å². The highest BCUT2D eigenvalue weighted by molar-refractivity contribution is 5.30. The summed E-state index contributed by atoms with van der Waals surface area (Å²) in [6.45, 7) is 5.46. The van der Waals surface area contributed by atoms with Crippen molar-refractivity contribution in [3.8, 4) is 0 Å². The number of nitrogens with zero attached hydrogens (tertiary/aromatic N) is 3. The molecule has 0 saturated carbocycles. The Kier molecular flexibility index (Phi) is 5.28. The van der Waals surface area contributed by atoms with Crippen LogP contribution in [0, 0.1) is 0 Å². The Labute approximate surface area is 120 Å². The fourth-order valence-corrected chi connectivity index (χ4v) is 2.45. The molecule has 1 aromatic rings. The highest BCUT2D eigenvalue weighted by Gasteiger charge is 2.30. The topological polar surface area (TPSA) is 70.5 Å². The second kappa shape index (κ2) is 6.97. The van der Waals surface area contributed by atoms with E-state index in [0.29, 0.717) is 39.1 Å². The summed E-state index contributed by atoms with van der Waals surface area (Å²) >= 11 is 0. The molecule has 2 rings (SSSR count). The lowest BCUT2D eigenvalue weighted by atomic mass is 9.94. The maximum absolute atomic E-state index is 10.5. The average molecular weight is 280 g/mol. The van der Waals surface area contributed by atoms with Gasteiger partial charge in [-0.15, -0.1) is 0 Å². The lowest BCUT2D eigenvalue weighted by Crippen LogP contribution is -2.45. The van der Waals surface area contributed by atoms with Gasteiger partial charge in [0.2, 0.25) is 0 Å². The van der Waals surface area contributed by atoms with E-state index in [1.54, 1.807) is 12.4 Å². The van der Waals surface area contributed by atoms with Crippen molar-refractivity contribution in [3.63, 3.8) is 0 Å². The Morgan fingerprint density at radius 3 is 2.70 bits per heavy atom. The summed E-state index contributed by atoms with van der Waals surface area (Å²) in [5.41, 5.74) is 0.272. The third kappa shape index (κ3) is 4.40. The van der Waals surface area contributed by atoms with E-state index in [9.17, 15) is 5.11 Å². The van der Waals surface area contributed by atoms with Crippen LogP contribution in [0.5, 0.6) is 0 Å². The Morgan fingerprint density at radius 2 is 2.10 bits per heavy atom. The van der Waals surface area contributed by atoms with Gasteiger partial charge in [0, 0.05) is 45.7 Å². The van der Waals surface area contributed by atoms with Crippen LogP contribution >= 0.6 is 0 Å². The molecule has 0 unspecified atom stereocenters. The Balaban J connectivity index is 1.85. The van der Waals surface area contributed by atoms with E-state index < -0.39 is 5.60 Å². The number of hydrogen-bond donors (Lipinski definition) is 2. The van der Waals surface area contributed by atoms with Gasteiger partial charge in [-0.05, 0) is 14.0 Å². The molecule has 0 atom stereocenters. The van der Waals surface area contributed by atoms with Crippen molar-refractivity contribution >= 4 is 5.82 Å². The lowest BCUT2D eigenvalue weighted by Gasteiger charge is -2.35. The third-order valence-electron chi connectivity index (χ3n) is 3.48. The summed E-state index contributed by atoms with van der Waals surface area (Å²) in [6, 6.07) is 0. The van der Waals surface area contributed by atoms with E-state index in [1.165, 1.54) is 0 Å². The van der Waals surface area contributed by atoms with Crippen molar-refractivity contribution in [2.75, 3.05) is 38.7 Å². The number of ether oxygens (including phenoxy) is 1. The largest absolute Gasteiger partial charge is 0.388 e. The van der Waals surface area contributed by atoms with Crippen LogP contribution in [-0.2, 0) is 11.3 Å². The Bertz CT molecular complexity index is 404. The van der Waals surface area contributed by atoms with Crippen molar-refractivity contribution in [2.24, 2.45) is 0 Å². The van der Waals surface area contributed by atoms with E-state index in [2.05, 4.69) is 20.2 Å². The predicted octanol–water partition coefficient (Wildman–Crippen LogP) is 0.882. The zero-order valence-electron chi connectivity index (χ0n) is 12.3. The second-order valence-electron chi connectivity index (χ2n) is 5.43. The van der Waals surface area contributed by atoms with Gasteiger partial charge in [0.25, 0.3) is 0 Å². The minimum absolute atomic E-state index is 0.632. The average Bonchev–Trinajstić information content (AvgIpc) is 2.41. The summed E-state index contributed by atoms with van der Waals surface area (Å²) in [5, 5.41) is 13.6. The monoisotopic (exact) mass is 280 g/mol. The normalized spacial score (nSPS) is 18.2. The van der Waals surface area contributed by atoms with Gasteiger partial charge in [-0.1, -0.05) is 0 Å². The number of likely N-dealkylation sites (N-methyl/N-ethyl adjacent to an activating group) is 1. The number of aliphatic hydroxyl groups is 1. The molecule has 0 aliphatic carbocycles. The molecule has 6 heteroatoms. The number of anilines is 1. The molecule has 2 N–H and O–H groups in total. The molecule has 0 radical (unpaired) electrons. The van der Waals surface area contributed by atoms with Crippen LogP contribution in [0.3, 0.4) is 0 Å². The van der Waals surface area contributed by atoms with Gasteiger partial charge in [0.05, 0.1) is 23.7 Å². The molecule has 0 spiro atoms. The molecule has 1 fully saturated rings. The van der Waals surface area contributed by atoms with Crippen LogP contribution in [0.1, 0.15) is 25.5 Å². The van der Waals surface area contributed by atoms with Crippen LogP contribution in [-0.4, -0.2) is 58.9 Å². The van der Waals surface area contributed by atoms with E-state index in [1.807, 2.05) is 14.0 Å². The molecule has 0 aromatic carbocycles. The molecule has 1 saturated heterocycles.